The molecule has 0 N–H and O–H groups in total. The van der Waals surface area contributed by atoms with Crippen molar-refractivity contribution in [2.75, 3.05) is 13.1 Å². The summed E-state index contributed by atoms with van der Waals surface area (Å²) >= 11 is 0. The molecule has 0 amide bonds. The van der Waals surface area contributed by atoms with E-state index in [4.69, 9.17) is 0 Å². The summed E-state index contributed by atoms with van der Waals surface area (Å²) < 4.78 is 0. The van der Waals surface area contributed by atoms with Crippen LogP contribution in [0, 0.1) is 0 Å². The number of hydrogen-bond acceptors (Lipinski definition) is 2. The second-order valence-corrected chi connectivity index (χ2v) is 6.73. The molecule has 0 aromatic heterocycles. The SMILES string of the molecule is C[C@@H]1CCC[C@@H](C)N1CCN1[C@H](C)CCC[C@H]1C. The zero-order valence-corrected chi connectivity index (χ0v) is 12.9. The van der Waals surface area contributed by atoms with Crippen LogP contribution in [0.25, 0.3) is 0 Å². The van der Waals surface area contributed by atoms with Crippen LogP contribution in [0.5, 0.6) is 0 Å². The van der Waals surface area contributed by atoms with Gasteiger partial charge in [-0.3, -0.25) is 9.80 Å². The predicted molar refractivity (Wildman–Crippen MR) is 79.0 cm³/mol. The third-order valence-corrected chi connectivity index (χ3v) is 5.37. The van der Waals surface area contributed by atoms with Crippen molar-refractivity contribution in [3.8, 4) is 0 Å². The van der Waals surface area contributed by atoms with Crippen molar-refractivity contribution in [1.82, 2.24) is 9.80 Å². The fourth-order valence-electron chi connectivity index (χ4n) is 4.06. The van der Waals surface area contributed by atoms with Crippen LogP contribution in [-0.4, -0.2) is 47.1 Å². The van der Waals surface area contributed by atoms with Gasteiger partial charge in [0, 0.05) is 37.3 Å². The summed E-state index contributed by atoms with van der Waals surface area (Å²) in [4.78, 5) is 5.50. The number of nitrogens with zero attached hydrogens (tertiary/aromatic N) is 2. The van der Waals surface area contributed by atoms with Crippen LogP contribution in [-0.2, 0) is 0 Å². The molecular weight excluding hydrogens is 220 g/mol. The van der Waals surface area contributed by atoms with Gasteiger partial charge in [-0.1, -0.05) is 12.8 Å². The van der Waals surface area contributed by atoms with Crippen molar-refractivity contribution in [2.45, 2.75) is 90.4 Å². The van der Waals surface area contributed by atoms with E-state index in [1.807, 2.05) is 0 Å². The van der Waals surface area contributed by atoms with Crippen LogP contribution >= 0.6 is 0 Å². The van der Waals surface area contributed by atoms with Gasteiger partial charge in [0.05, 0.1) is 0 Å². The molecular formula is C16H32N2. The quantitative estimate of drug-likeness (QED) is 0.758. The highest BCUT2D eigenvalue weighted by Gasteiger charge is 2.28. The van der Waals surface area contributed by atoms with E-state index in [1.165, 1.54) is 51.6 Å². The van der Waals surface area contributed by atoms with Gasteiger partial charge in [0.25, 0.3) is 0 Å². The van der Waals surface area contributed by atoms with Gasteiger partial charge in [-0.25, -0.2) is 0 Å². The van der Waals surface area contributed by atoms with Crippen LogP contribution in [0.3, 0.4) is 0 Å². The maximum absolute atomic E-state index is 2.75. The fourth-order valence-corrected chi connectivity index (χ4v) is 4.06. The molecule has 2 heterocycles. The Morgan fingerprint density at radius 3 is 1.17 bits per heavy atom. The summed E-state index contributed by atoms with van der Waals surface area (Å²) in [5.74, 6) is 0. The average Bonchev–Trinajstić information content (AvgIpc) is 2.31. The maximum atomic E-state index is 2.75. The molecule has 0 spiro atoms. The van der Waals surface area contributed by atoms with Gasteiger partial charge >= 0.3 is 0 Å². The number of likely N-dealkylation sites (tertiary alicyclic amines) is 2. The Bertz CT molecular complexity index is 207. The molecule has 18 heavy (non-hydrogen) atoms. The van der Waals surface area contributed by atoms with E-state index < -0.39 is 0 Å². The molecule has 0 saturated carbocycles. The summed E-state index contributed by atoms with van der Waals surface area (Å²) in [5, 5.41) is 0. The zero-order chi connectivity index (χ0) is 13.1. The Kier molecular flexibility index (Phi) is 5.08. The minimum absolute atomic E-state index is 0.796. The summed E-state index contributed by atoms with van der Waals surface area (Å²) in [7, 11) is 0. The van der Waals surface area contributed by atoms with Gasteiger partial charge in [-0.2, -0.15) is 0 Å². The van der Waals surface area contributed by atoms with Gasteiger partial charge < -0.3 is 0 Å². The first-order chi connectivity index (χ1) is 8.59. The summed E-state index contributed by atoms with van der Waals surface area (Å²) in [6.45, 7) is 12.2. The lowest BCUT2D eigenvalue weighted by atomic mass is 9.96. The first-order valence-electron chi connectivity index (χ1n) is 8.11. The molecule has 2 aliphatic heterocycles. The van der Waals surface area contributed by atoms with Gasteiger partial charge in [0.15, 0.2) is 0 Å². The van der Waals surface area contributed by atoms with Crippen molar-refractivity contribution < 1.29 is 0 Å². The highest BCUT2D eigenvalue weighted by Crippen LogP contribution is 2.25. The third kappa shape index (κ3) is 3.27. The Morgan fingerprint density at radius 2 is 0.889 bits per heavy atom. The Labute approximate surface area is 114 Å². The van der Waals surface area contributed by atoms with E-state index in [0.29, 0.717) is 0 Å². The largest absolute Gasteiger partial charge is 0.297 e. The Balaban J connectivity index is 1.85. The molecule has 2 fully saturated rings. The van der Waals surface area contributed by atoms with E-state index in [2.05, 4.69) is 37.5 Å². The van der Waals surface area contributed by atoms with Crippen LogP contribution in [0.1, 0.15) is 66.2 Å². The summed E-state index contributed by atoms with van der Waals surface area (Å²) in [6.07, 6.45) is 8.44. The topological polar surface area (TPSA) is 6.48 Å². The predicted octanol–water partition coefficient (Wildman–Crippen LogP) is 3.51. The first kappa shape index (κ1) is 14.3. The Hall–Kier alpha value is -0.0800. The van der Waals surface area contributed by atoms with E-state index >= 15 is 0 Å². The van der Waals surface area contributed by atoms with Crippen molar-refractivity contribution in [1.29, 1.82) is 0 Å². The monoisotopic (exact) mass is 252 g/mol. The normalized spacial score (nSPS) is 40.0. The first-order valence-corrected chi connectivity index (χ1v) is 8.11. The minimum atomic E-state index is 0.796. The van der Waals surface area contributed by atoms with E-state index in [9.17, 15) is 0 Å². The maximum Gasteiger partial charge on any atom is 0.0115 e. The molecule has 0 aromatic carbocycles. The van der Waals surface area contributed by atoms with E-state index in [1.54, 1.807) is 0 Å². The summed E-state index contributed by atoms with van der Waals surface area (Å²) in [6, 6.07) is 3.18. The molecule has 2 nitrogen and oxygen atoms in total. The molecule has 0 aromatic rings. The molecule has 0 radical (unpaired) electrons. The van der Waals surface area contributed by atoms with Crippen molar-refractivity contribution >= 4 is 0 Å². The van der Waals surface area contributed by atoms with Gasteiger partial charge in [-0.15, -0.1) is 0 Å². The standard InChI is InChI=1S/C16H32N2/c1-13-7-5-8-14(2)17(13)11-12-18-15(3)9-6-10-16(18)4/h13-16H,5-12H2,1-4H3/t13-,14-,15-,16-/m1/s1. The zero-order valence-electron chi connectivity index (χ0n) is 12.9. The van der Waals surface area contributed by atoms with Crippen LogP contribution in [0.4, 0.5) is 0 Å². The van der Waals surface area contributed by atoms with Crippen LogP contribution in [0.2, 0.25) is 0 Å². The average molecular weight is 252 g/mol. The molecule has 2 aliphatic rings. The number of piperidine rings is 2. The molecule has 2 rings (SSSR count). The molecule has 106 valence electrons. The Morgan fingerprint density at radius 1 is 0.611 bits per heavy atom. The third-order valence-electron chi connectivity index (χ3n) is 5.37. The summed E-state index contributed by atoms with van der Waals surface area (Å²) in [5.41, 5.74) is 0. The number of rotatable bonds is 3. The second kappa shape index (κ2) is 6.38. The van der Waals surface area contributed by atoms with Crippen LogP contribution < -0.4 is 0 Å². The van der Waals surface area contributed by atoms with Gasteiger partial charge in [0.2, 0.25) is 0 Å². The fraction of sp³-hybridized carbons (Fsp3) is 1.00. The lowest BCUT2D eigenvalue weighted by Crippen LogP contribution is -2.51. The molecule has 0 unspecified atom stereocenters. The van der Waals surface area contributed by atoms with Gasteiger partial charge in [-0.05, 0) is 53.4 Å². The lowest BCUT2D eigenvalue weighted by Gasteiger charge is -2.43. The smallest absolute Gasteiger partial charge is 0.0115 e. The van der Waals surface area contributed by atoms with E-state index in [-0.39, 0.29) is 0 Å². The molecule has 0 aliphatic carbocycles. The molecule has 2 saturated heterocycles. The molecule has 4 atom stereocenters. The highest BCUT2D eigenvalue weighted by atomic mass is 15.3. The van der Waals surface area contributed by atoms with Crippen molar-refractivity contribution in [3.63, 3.8) is 0 Å². The van der Waals surface area contributed by atoms with Gasteiger partial charge in [0.1, 0.15) is 0 Å². The molecule has 0 bridgehead atoms. The molecule has 2 heteroatoms. The van der Waals surface area contributed by atoms with Crippen LogP contribution in [0.15, 0.2) is 0 Å². The van der Waals surface area contributed by atoms with Crippen molar-refractivity contribution in [2.24, 2.45) is 0 Å². The second-order valence-electron chi connectivity index (χ2n) is 6.73. The van der Waals surface area contributed by atoms with Crippen molar-refractivity contribution in [3.05, 3.63) is 0 Å². The highest BCUT2D eigenvalue weighted by molar-refractivity contribution is 4.84. The number of hydrogen-bond donors (Lipinski definition) is 0. The minimum Gasteiger partial charge on any atom is -0.297 e. The lowest BCUT2D eigenvalue weighted by molar-refractivity contribution is 0.0509. The van der Waals surface area contributed by atoms with E-state index in [0.717, 1.165) is 24.2 Å².